The fraction of sp³-hybridized carbons (Fsp3) is 0.188. The molecule has 2 N–H and O–H groups in total. The van der Waals surface area contributed by atoms with Crippen LogP contribution in [0.1, 0.15) is 21.5 Å². The second kappa shape index (κ2) is 6.18. The number of anilines is 1. The van der Waals surface area contributed by atoms with Crippen molar-refractivity contribution in [1.29, 1.82) is 0 Å². The van der Waals surface area contributed by atoms with E-state index in [1.54, 1.807) is 31.4 Å². The molecule has 0 unspecified atom stereocenters. The number of halogens is 1. The second-order valence-electron chi connectivity index (χ2n) is 4.59. The van der Waals surface area contributed by atoms with Gasteiger partial charge in [-0.2, -0.15) is 0 Å². The van der Waals surface area contributed by atoms with Gasteiger partial charge >= 0.3 is 0 Å². The molecular formula is C16H16BrNO3. The summed E-state index contributed by atoms with van der Waals surface area (Å²) in [5.41, 5.74) is 8.25. The summed E-state index contributed by atoms with van der Waals surface area (Å²) < 4.78 is 11.3. The van der Waals surface area contributed by atoms with Crippen molar-refractivity contribution in [3.63, 3.8) is 0 Å². The summed E-state index contributed by atoms with van der Waals surface area (Å²) in [6.45, 7) is 1.94. The zero-order chi connectivity index (χ0) is 15.6. The Labute approximate surface area is 132 Å². The van der Waals surface area contributed by atoms with Crippen LogP contribution in [0, 0.1) is 6.92 Å². The van der Waals surface area contributed by atoms with E-state index in [0.29, 0.717) is 28.3 Å². The summed E-state index contributed by atoms with van der Waals surface area (Å²) in [6.07, 6.45) is 0. The molecule has 0 atom stereocenters. The van der Waals surface area contributed by atoms with Crippen LogP contribution in [0.2, 0.25) is 0 Å². The van der Waals surface area contributed by atoms with Crippen LogP contribution in [0.15, 0.2) is 34.8 Å². The Morgan fingerprint density at radius 1 is 1.10 bits per heavy atom. The van der Waals surface area contributed by atoms with Crippen LogP contribution in [0.3, 0.4) is 0 Å². The number of hydrogen-bond donors (Lipinski definition) is 1. The van der Waals surface area contributed by atoms with E-state index in [0.717, 1.165) is 10.0 Å². The van der Waals surface area contributed by atoms with Gasteiger partial charge in [-0.3, -0.25) is 4.79 Å². The Bertz CT molecular complexity index is 698. The lowest BCUT2D eigenvalue weighted by Crippen LogP contribution is -2.06. The fourth-order valence-corrected chi connectivity index (χ4v) is 2.38. The van der Waals surface area contributed by atoms with E-state index in [2.05, 4.69) is 15.9 Å². The van der Waals surface area contributed by atoms with Gasteiger partial charge in [-0.05, 0) is 42.8 Å². The number of nitrogen functional groups attached to an aromatic ring is 1. The maximum Gasteiger partial charge on any atom is 0.196 e. The van der Waals surface area contributed by atoms with Crippen LogP contribution >= 0.6 is 15.9 Å². The van der Waals surface area contributed by atoms with E-state index in [1.165, 1.54) is 7.11 Å². The molecule has 0 saturated heterocycles. The second-order valence-corrected chi connectivity index (χ2v) is 5.44. The van der Waals surface area contributed by atoms with Crippen LogP contribution in [0.25, 0.3) is 0 Å². The number of rotatable bonds is 4. The molecule has 2 aromatic carbocycles. The minimum absolute atomic E-state index is 0.151. The highest BCUT2D eigenvalue weighted by Gasteiger charge is 2.17. The summed E-state index contributed by atoms with van der Waals surface area (Å²) in [5, 5.41) is 0. The van der Waals surface area contributed by atoms with Crippen molar-refractivity contribution in [3.05, 3.63) is 51.5 Å². The van der Waals surface area contributed by atoms with E-state index < -0.39 is 0 Å². The summed E-state index contributed by atoms with van der Waals surface area (Å²) in [7, 11) is 3.08. The van der Waals surface area contributed by atoms with Gasteiger partial charge in [-0.1, -0.05) is 15.9 Å². The molecular weight excluding hydrogens is 334 g/mol. The lowest BCUT2D eigenvalue weighted by Gasteiger charge is -2.11. The molecule has 0 amide bonds. The third-order valence-electron chi connectivity index (χ3n) is 3.22. The molecule has 0 radical (unpaired) electrons. The van der Waals surface area contributed by atoms with Crippen molar-refractivity contribution < 1.29 is 14.3 Å². The molecule has 5 heteroatoms. The molecule has 0 spiro atoms. The predicted molar refractivity (Wildman–Crippen MR) is 86.3 cm³/mol. The van der Waals surface area contributed by atoms with Crippen LogP contribution in [0.5, 0.6) is 11.5 Å². The van der Waals surface area contributed by atoms with Crippen LogP contribution in [-0.4, -0.2) is 20.0 Å². The van der Waals surface area contributed by atoms with Gasteiger partial charge < -0.3 is 15.2 Å². The van der Waals surface area contributed by atoms with Crippen LogP contribution < -0.4 is 15.2 Å². The number of carbonyl (C=O) groups is 1. The standard InChI is InChI=1S/C16H16BrNO3/c1-9-6-15(21-3)11(8-12(9)17)16(19)10-4-5-14(20-2)13(18)7-10/h4-8H,18H2,1-3H3. The first-order valence-corrected chi connectivity index (χ1v) is 7.09. The molecule has 0 aliphatic rings. The predicted octanol–water partition coefficient (Wildman–Crippen LogP) is 3.59. The number of aryl methyl sites for hydroxylation is 1. The van der Waals surface area contributed by atoms with Crippen molar-refractivity contribution in [2.45, 2.75) is 6.92 Å². The van der Waals surface area contributed by atoms with Crippen molar-refractivity contribution in [3.8, 4) is 11.5 Å². The summed E-state index contributed by atoms with van der Waals surface area (Å²) in [6, 6.07) is 8.55. The van der Waals surface area contributed by atoms with E-state index >= 15 is 0 Å². The van der Waals surface area contributed by atoms with Gasteiger partial charge in [0.2, 0.25) is 0 Å². The minimum Gasteiger partial charge on any atom is -0.496 e. The lowest BCUT2D eigenvalue weighted by atomic mass is 10.0. The van der Waals surface area contributed by atoms with Gasteiger partial charge in [0, 0.05) is 10.0 Å². The fourth-order valence-electron chi connectivity index (χ4n) is 2.03. The monoisotopic (exact) mass is 349 g/mol. The first kappa shape index (κ1) is 15.4. The van der Waals surface area contributed by atoms with Crippen molar-refractivity contribution in [2.24, 2.45) is 0 Å². The Kier molecular flexibility index (Phi) is 4.53. The van der Waals surface area contributed by atoms with Crippen molar-refractivity contribution in [1.82, 2.24) is 0 Å². The van der Waals surface area contributed by atoms with E-state index in [9.17, 15) is 4.79 Å². The maximum atomic E-state index is 12.6. The average molecular weight is 350 g/mol. The quantitative estimate of drug-likeness (QED) is 0.676. The van der Waals surface area contributed by atoms with Crippen LogP contribution in [-0.2, 0) is 0 Å². The molecule has 0 aliphatic heterocycles. The topological polar surface area (TPSA) is 61.5 Å². The number of ketones is 1. The number of carbonyl (C=O) groups excluding carboxylic acids is 1. The third-order valence-corrected chi connectivity index (χ3v) is 4.07. The maximum absolute atomic E-state index is 12.6. The number of methoxy groups -OCH3 is 2. The molecule has 4 nitrogen and oxygen atoms in total. The summed E-state index contributed by atoms with van der Waals surface area (Å²) in [5.74, 6) is 0.931. The molecule has 0 heterocycles. The minimum atomic E-state index is -0.151. The highest BCUT2D eigenvalue weighted by Crippen LogP contribution is 2.30. The Balaban J connectivity index is 2.49. The Hall–Kier alpha value is -2.01. The number of benzene rings is 2. The van der Waals surface area contributed by atoms with Crippen molar-refractivity contribution in [2.75, 3.05) is 20.0 Å². The normalized spacial score (nSPS) is 10.3. The number of hydrogen-bond acceptors (Lipinski definition) is 4. The molecule has 21 heavy (non-hydrogen) atoms. The zero-order valence-electron chi connectivity index (χ0n) is 12.1. The molecule has 110 valence electrons. The van der Waals surface area contributed by atoms with Gasteiger partial charge in [-0.15, -0.1) is 0 Å². The summed E-state index contributed by atoms with van der Waals surface area (Å²) >= 11 is 3.44. The largest absolute Gasteiger partial charge is 0.496 e. The molecule has 0 saturated carbocycles. The number of nitrogens with two attached hydrogens (primary N) is 1. The molecule has 0 fully saturated rings. The SMILES string of the molecule is COc1ccc(C(=O)c2cc(Br)c(C)cc2OC)cc1N. The van der Waals surface area contributed by atoms with Crippen LogP contribution in [0.4, 0.5) is 5.69 Å². The Morgan fingerprint density at radius 3 is 2.33 bits per heavy atom. The first-order chi connectivity index (χ1) is 9.97. The molecule has 2 rings (SSSR count). The van der Waals surface area contributed by atoms with E-state index in [-0.39, 0.29) is 5.78 Å². The Morgan fingerprint density at radius 2 is 1.76 bits per heavy atom. The summed E-state index contributed by atoms with van der Waals surface area (Å²) in [4.78, 5) is 12.6. The zero-order valence-corrected chi connectivity index (χ0v) is 13.7. The van der Waals surface area contributed by atoms with Gasteiger partial charge in [0.1, 0.15) is 11.5 Å². The highest BCUT2D eigenvalue weighted by atomic mass is 79.9. The van der Waals surface area contributed by atoms with Gasteiger partial charge in [-0.25, -0.2) is 0 Å². The molecule has 0 bridgehead atoms. The molecule has 0 aromatic heterocycles. The third kappa shape index (κ3) is 3.03. The smallest absolute Gasteiger partial charge is 0.196 e. The average Bonchev–Trinajstić information content (AvgIpc) is 2.48. The van der Waals surface area contributed by atoms with Gasteiger partial charge in [0.05, 0.1) is 25.5 Å². The first-order valence-electron chi connectivity index (χ1n) is 6.30. The molecule has 0 aliphatic carbocycles. The highest BCUT2D eigenvalue weighted by molar-refractivity contribution is 9.10. The van der Waals surface area contributed by atoms with Gasteiger partial charge in [0.25, 0.3) is 0 Å². The van der Waals surface area contributed by atoms with Crippen molar-refractivity contribution >= 4 is 27.4 Å². The van der Waals surface area contributed by atoms with E-state index in [4.69, 9.17) is 15.2 Å². The lowest BCUT2D eigenvalue weighted by molar-refractivity contribution is 0.103. The van der Waals surface area contributed by atoms with Gasteiger partial charge in [0.15, 0.2) is 5.78 Å². The number of ether oxygens (including phenoxy) is 2. The molecule has 2 aromatic rings. The van der Waals surface area contributed by atoms with E-state index in [1.807, 2.05) is 13.0 Å².